The van der Waals surface area contributed by atoms with Crippen molar-refractivity contribution < 1.29 is 22.8 Å². The van der Waals surface area contributed by atoms with Gasteiger partial charge in [0, 0.05) is 18.8 Å². The molecule has 1 amide bonds. The zero-order valence-electron chi connectivity index (χ0n) is 16.1. The third kappa shape index (κ3) is 4.98. The zero-order chi connectivity index (χ0) is 20.1. The minimum atomic E-state index is -3.59. The van der Waals surface area contributed by atoms with Crippen molar-refractivity contribution >= 4 is 33.0 Å². The lowest BCUT2D eigenvalue weighted by Crippen LogP contribution is -3.12. The van der Waals surface area contributed by atoms with Gasteiger partial charge in [-0.2, -0.15) is 4.31 Å². The number of anilines is 1. The number of likely N-dealkylation sites (N-methyl/N-ethyl adjacent to an activating group) is 1. The Morgan fingerprint density at radius 3 is 2.71 bits per heavy atom. The van der Waals surface area contributed by atoms with E-state index in [9.17, 15) is 13.2 Å². The van der Waals surface area contributed by atoms with E-state index in [1.165, 1.54) is 15.2 Å². The average Bonchev–Trinajstić information content (AvgIpc) is 3.21. The van der Waals surface area contributed by atoms with E-state index in [0.29, 0.717) is 32.0 Å². The van der Waals surface area contributed by atoms with Crippen LogP contribution in [0.2, 0.25) is 0 Å². The largest absolute Gasteiger partial charge is 0.379 e. The molecule has 2 N–H and O–H groups in total. The molecule has 1 aromatic carbocycles. The van der Waals surface area contributed by atoms with Gasteiger partial charge in [0.2, 0.25) is 10.0 Å². The molecule has 0 bridgehead atoms. The number of quaternary nitrogens is 1. The molecule has 0 aliphatic carbocycles. The summed E-state index contributed by atoms with van der Waals surface area (Å²) in [5, 5.41) is 4.88. The highest BCUT2D eigenvalue weighted by molar-refractivity contribution is 7.89. The number of carbonyl (C=O) groups excluding carboxylic acids is 1. The van der Waals surface area contributed by atoms with Crippen molar-refractivity contribution in [2.45, 2.75) is 24.4 Å². The standard InChI is InChI=1S/C19H25N3O4S2/c1-15(21(2)14-17-6-4-12-27-17)19(23)20-16-5-3-7-18(13-16)28(24,25)22-8-10-26-11-9-22/h3-7,12-13,15H,8-11,14H2,1-2H3,(H,20,23)/p+1/t15-/m1/s1. The van der Waals surface area contributed by atoms with Gasteiger partial charge >= 0.3 is 0 Å². The first kappa shape index (κ1) is 20.9. The van der Waals surface area contributed by atoms with Crippen LogP contribution in [-0.2, 0) is 26.1 Å². The van der Waals surface area contributed by atoms with Crippen molar-refractivity contribution in [2.75, 3.05) is 38.7 Å². The molecule has 0 saturated carbocycles. The smallest absolute Gasteiger partial charge is 0.282 e. The second-order valence-corrected chi connectivity index (χ2v) is 9.83. The lowest BCUT2D eigenvalue weighted by atomic mass is 10.2. The van der Waals surface area contributed by atoms with Crippen LogP contribution in [0, 0.1) is 0 Å². The summed E-state index contributed by atoms with van der Waals surface area (Å²) in [5.74, 6) is -0.144. The number of thiophene rings is 1. The van der Waals surface area contributed by atoms with Crippen molar-refractivity contribution in [3.05, 3.63) is 46.7 Å². The van der Waals surface area contributed by atoms with Crippen LogP contribution in [-0.4, -0.2) is 58.0 Å². The molecule has 28 heavy (non-hydrogen) atoms. The third-order valence-electron chi connectivity index (χ3n) is 4.88. The van der Waals surface area contributed by atoms with E-state index in [2.05, 4.69) is 11.4 Å². The number of carbonyl (C=O) groups is 1. The van der Waals surface area contributed by atoms with Gasteiger partial charge in [-0.25, -0.2) is 8.42 Å². The molecule has 2 aromatic rings. The van der Waals surface area contributed by atoms with Crippen molar-refractivity contribution in [3.63, 3.8) is 0 Å². The Morgan fingerprint density at radius 2 is 2.04 bits per heavy atom. The second-order valence-electron chi connectivity index (χ2n) is 6.86. The molecule has 2 heterocycles. The molecule has 152 valence electrons. The number of nitrogens with zero attached hydrogens (tertiary/aromatic N) is 1. The highest BCUT2D eigenvalue weighted by atomic mass is 32.2. The lowest BCUT2D eigenvalue weighted by molar-refractivity contribution is -0.907. The molecular weight excluding hydrogens is 398 g/mol. The van der Waals surface area contributed by atoms with E-state index in [-0.39, 0.29) is 16.8 Å². The molecule has 1 aliphatic heterocycles. The van der Waals surface area contributed by atoms with Gasteiger partial charge in [-0.05, 0) is 36.6 Å². The van der Waals surface area contributed by atoms with Crippen LogP contribution in [0.25, 0.3) is 0 Å². The van der Waals surface area contributed by atoms with Crippen molar-refractivity contribution in [2.24, 2.45) is 0 Å². The summed E-state index contributed by atoms with van der Waals surface area (Å²) in [6.45, 7) is 4.10. The van der Waals surface area contributed by atoms with Crippen molar-refractivity contribution in [1.82, 2.24) is 4.31 Å². The van der Waals surface area contributed by atoms with Crippen LogP contribution in [0.15, 0.2) is 46.7 Å². The maximum Gasteiger partial charge on any atom is 0.282 e. The first-order chi connectivity index (χ1) is 13.4. The Kier molecular flexibility index (Phi) is 6.84. The second kappa shape index (κ2) is 9.15. The quantitative estimate of drug-likeness (QED) is 0.689. The molecule has 1 fully saturated rings. The van der Waals surface area contributed by atoms with Crippen LogP contribution >= 0.6 is 11.3 Å². The first-order valence-corrected chi connectivity index (χ1v) is 11.5. The Hall–Kier alpha value is -1.78. The van der Waals surface area contributed by atoms with Crippen LogP contribution in [0.4, 0.5) is 5.69 Å². The van der Waals surface area contributed by atoms with Crippen LogP contribution in [0.3, 0.4) is 0 Å². The number of rotatable bonds is 7. The van der Waals surface area contributed by atoms with Crippen molar-refractivity contribution in [1.29, 1.82) is 0 Å². The van der Waals surface area contributed by atoms with Gasteiger partial charge in [0.25, 0.3) is 5.91 Å². The van der Waals surface area contributed by atoms with Crippen molar-refractivity contribution in [3.8, 4) is 0 Å². The Morgan fingerprint density at radius 1 is 1.29 bits per heavy atom. The minimum absolute atomic E-state index is 0.144. The summed E-state index contributed by atoms with van der Waals surface area (Å²) in [7, 11) is -1.62. The summed E-state index contributed by atoms with van der Waals surface area (Å²) < 4.78 is 32.2. The maximum absolute atomic E-state index is 12.8. The lowest BCUT2D eigenvalue weighted by Gasteiger charge is -2.26. The van der Waals surface area contributed by atoms with Gasteiger partial charge in [0.1, 0.15) is 6.54 Å². The number of nitrogens with one attached hydrogen (secondary N) is 2. The Bertz CT molecular complexity index is 894. The zero-order valence-corrected chi connectivity index (χ0v) is 17.7. The molecule has 0 radical (unpaired) electrons. The van der Waals surface area contributed by atoms with Gasteiger partial charge in [-0.1, -0.05) is 12.1 Å². The van der Waals surface area contributed by atoms with Crippen LogP contribution < -0.4 is 10.2 Å². The number of morpholine rings is 1. The summed E-state index contributed by atoms with van der Waals surface area (Å²) in [5.41, 5.74) is 0.482. The number of amides is 1. The van der Waals surface area contributed by atoms with Gasteiger partial charge in [0.15, 0.2) is 6.04 Å². The van der Waals surface area contributed by atoms with Crippen LogP contribution in [0.5, 0.6) is 0 Å². The first-order valence-electron chi connectivity index (χ1n) is 9.21. The molecule has 2 atom stereocenters. The summed E-state index contributed by atoms with van der Waals surface area (Å²) in [6.07, 6.45) is 0. The fraction of sp³-hybridized carbons (Fsp3) is 0.421. The van der Waals surface area contributed by atoms with E-state index in [4.69, 9.17) is 4.74 Å². The number of benzene rings is 1. The van der Waals surface area contributed by atoms with E-state index < -0.39 is 10.0 Å². The number of sulfonamides is 1. The summed E-state index contributed by atoms with van der Waals surface area (Å²) >= 11 is 1.67. The SMILES string of the molecule is C[C@H](C(=O)Nc1cccc(S(=O)(=O)N2CCOCC2)c1)[NH+](C)Cc1cccs1. The van der Waals surface area contributed by atoms with E-state index in [1.807, 2.05) is 25.4 Å². The Labute approximate surface area is 170 Å². The predicted molar refractivity (Wildman–Crippen MR) is 109 cm³/mol. The summed E-state index contributed by atoms with van der Waals surface area (Å²) in [4.78, 5) is 15.1. The minimum Gasteiger partial charge on any atom is -0.379 e. The number of hydrogen-bond donors (Lipinski definition) is 2. The Balaban J connectivity index is 1.67. The van der Waals surface area contributed by atoms with E-state index in [1.54, 1.807) is 29.5 Å². The molecule has 1 saturated heterocycles. The van der Waals surface area contributed by atoms with Gasteiger partial charge in [-0.15, -0.1) is 11.3 Å². The topological polar surface area (TPSA) is 80.2 Å². The molecule has 1 unspecified atom stereocenters. The molecular formula is C19H26N3O4S2+. The van der Waals surface area contributed by atoms with Gasteiger partial charge in [-0.3, -0.25) is 4.79 Å². The highest BCUT2D eigenvalue weighted by Gasteiger charge is 2.27. The summed E-state index contributed by atoms with van der Waals surface area (Å²) in [6, 6.07) is 10.2. The van der Waals surface area contributed by atoms with Crippen LogP contribution in [0.1, 0.15) is 11.8 Å². The fourth-order valence-corrected chi connectivity index (χ4v) is 5.24. The fourth-order valence-electron chi connectivity index (χ4n) is 2.99. The monoisotopic (exact) mass is 424 g/mol. The molecule has 0 spiro atoms. The third-order valence-corrected chi connectivity index (χ3v) is 7.65. The molecule has 1 aliphatic rings. The normalized spacial score (nSPS) is 17.8. The maximum atomic E-state index is 12.8. The van der Waals surface area contributed by atoms with Gasteiger partial charge in [0.05, 0.1) is 30.0 Å². The molecule has 7 nitrogen and oxygen atoms in total. The average molecular weight is 425 g/mol. The number of ether oxygens (including phenoxy) is 1. The molecule has 9 heteroatoms. The highest BCUT2D eigenvalue weighted by Crippen LogP contribution is 2.20. The molecule has 1 aromatic heterocycles. The molecule has 3 rings (SSSR count). The van der Waals surface area contributed by atoms with E-state index in [0.717, 1.165) is 11.4 Å². The predicted octanol–water partition coefficient (Wildman–Crippen LogP) is 0.811. The van der Waals surface area contributed by atoms with E-state index >= 15 is 0 Å². The number of hydrogen-bond acceptors (Lipinski definition) is 5. The van der Waals surface area contributed by atoms with Gasteiger partial charge < -0.3 is 15.0 Å².